The molecule has 2 unspecified atom stereocenters. The molecule has 0 spiro atoms. The zero-order chi connectivity index (χ0) is 15.2. The lowest BCUT2D eigenvalue weighted by molar-refractivity contribution is -0.129. The van der Waals surface area contributed by atoms with E-state index in [4.69, 9.17) is 0 Å². The Morgan fingerprint density at radius 2 is 2.14 bits per heavy atom. The number of hydrogen-bond acceptors (Lipinski definition) is 3. The number of nitrogens with one attached hydrogen (secondary N) is 1. The van der Waals surface area contributed by atoms with E-state index in [-0.39, 0.29) is 5.91 Å². The van der Waals surface area contributed by atoms with Crippen molar-refractivity contribution in [3.8, 4) is 0 Å². The summed E-state index contributed by atoms with van der Waals surface area (Å²) in [7, 11) is 0. The molecule has 116 valence electrons. The van der Waals surface area contributed by atoms with E-state index in [2.05, 4.69) is 43.4 Å². The highest BCUT2D eigenvalue weighted by Crippen LogP contribution is 2.28. The lowest BCUT2D eigenvalue weighted by Crippen LogP contribution is -2.44. The number of carbonyl (C=O) groups is 1. The summed E-state index contributed by atoms with van der Waals surface area (Å²) in [5.74, 6) is 1.33. The third kappa shape index (κ3) is 4.67. The van der Waals surface area contributed by atoms with E-state index in [1.54, 1.807) is 6.92 Å². The summed E-state index contributed by atoms with van der Waals surface area (Å²) in [5.41, 5.74) is 2.53. The second-order valence-corrected chi connectivity index (χ2v) is 7.29. The molecule has 0 radical (unpaired) electrons. The van der Waals surface area contributed by atoms with Gasteiger partial charge in [0.1, 0.15) is 0 Å². The molecule has 4 heteroatoms. The molecule has 1 amide bonds. The van der Waals surface area contributed by atoms with Gasteiger partial charge in [0.25, 0.3) is 0 Å². The van der Waals surface area contributed by atoms with Crippen LogP contribution in [-0.2, 0) is 4.79 Å². The Hall–Kier alpha value is -1.16. The number of piperidine rings is 1. The summed E-state index contributed by atoms with van der Waals surface area (Å²) in [6, 6.07) is 9.11. The van der Waals surface area contributed by atoms with Crippen molar-refractivity contribution in [3.63, 3.8) is 0 Å². The summed E-state index contributed by atoms with van der Waals surface area (Å²) in [6.45, 7) is 7.82. The average Bonchev–Trinajstić information content (AvgIpc) is 2.48. The molecular weight excluding hydrogens is 280 g/mol. The summed E-state index contributed by atoms with van der Waals surface area (Å²) in [4.78, 5) is 13.4. The molecule has 21 heavy (non-hydrogen) atoms. The molecule has 1 aliphatic heterocycles. The highest BCUT2D eigenvalue weighted by Gasteiger charge is 2.21. The highest BCUT2D eigenvalue weighted by atomic mass is 32.2. The van der Waals surface area contributed by atoms with Crippen molar-refractivity contribution in [1.29, 1.82) is 0 Å². The van der Waals surface area contributed by atoms with Gasteiger partial charge in [0.2, 0.25) is 5.91 Å². The maximum atomic E-state index is 11.5. The Morgan fingerprint density at radius 3 is 2.76 bits per heavy atom. The number of nitrogens with zero attached hydrogens (tertiary/aromatic N) is 1. The number of thioether (sulfide) groups is 1. The third-order valence-corrected chi connectivity index (χ3v) is 5.14. The molecular formula is C17H26N2OS. The predicted octanol–water partition coefficient (Wildman–Crippen LogP) is 3.92. The van der Waals surface area contributed by atoms with Crippen molar-refractivity contribution in [3.05, 3.63) is 29.8 Å². The van der Waals surface area contributed by atoms with Crippen LogP contribution in [0.1, 0.15) is 44.4 Å². The Labute approximate surface area is 132 Å². The van der Waals surface area contributed by atoms with E-state index in [0.29, 0.717) is 11.3 Å². The molecule has 2 atom stereocenters. The van der Waals surface area contributed by atoms with Crippen LogP contribution in [0.4, 0.5) is 5.69 Å². The van der Waals surface area contributed by atoms with Gasteiger partial charge >= 0.3 is 0 Å². The van der Waals surface area contributed by atoms with Crippen molar-refractivity contribution in [2.24, 2.45) is 0 Å². The van der Waals surface area contributed by atoms with Crippen molar-refractivity contribution in [2.75, 3.05) is 24.2 Å². The summed E-state index contributed by atoms with van der Waals surface area (Å²) < 4.78 is 0. The number of carbonyl (C=O) groups excluding carboxylic acids is 1. The lowest BCUT2D eigenvalue weighted by atomic mass is 10.0. The fourth-order valence-corrected chi connectivity index (χ4v) is 3.66. The molecule has 0 aromatic heterocycles. The second kappa shape index (κ2) is 7.74. The van der Waals surface area contributed by atoms with Crippen LogP contribution in [-0.4, -0.2) is 35.7 Å². The normalized spacial score (nSPS) is 20.1. The highest BCUT2D eigenvalue weighted by molar-refractivity contribution is 7.99. The van der Waals surface area contributed by atoms with Crippen LogP contribution in [0.15, 0.2) is 24.3 Å². The van der Waals surface area contributed by atoms with Gasteiger partial charge in [-0.15, -0.1) is 0 Å². The van der Waals surface area contributed by atoms with Gasteiger partial charge in [-0.25, -0.2) is 0 Å². The van der Waals surface area contributed by atoms with E-state index >= 15 is 0 Å². The number of amides is 1. The van der Waals surface area contributed by atoms with E-state index < -0.39 is 0 Å². The zero-order valence-electron chi connectivity index (χ0n) is 13.3. The Morgan fingerprint density at radius 1 is 1.43 bits per heavy atom. The minimum absolute atomic E-state index is 0.183. The number of rotatable bonds is 5. The van der Waals surface area contributed by atoms with E-state index in [9.17, 15) is 4.79 Å². The maximum Gasteiger partial charge on any atom is 0.219 e. The Bertz CT molecular complexity index is 460. The topological polar surface area (TPSA) is 32.3 Å². The van der Waals surface area contributed by atoms with Crippen molar-refractivity contribution >= 4 is 23.4 Å². The zero-order valence-corrected chi connectivity index (χ0v) is 14.1. The summed E-state index contributed by atoms with van der Waals surface area (Å²) in [5, 5.41) is 4.11. The van der Waals surface area contributed by atoms with Gasteiger partial charge in [-0.3, -0.25) is 4.79 Å². The average molecular weight is 306 g/mol. The minimum atomic E-state index is 0.183. The first kappa shape index (κ1) is 16.2. The molecule has 1 fully saturated rings. The maximum absolute atomic E-state index is 11.5. The molecule has 0 saturated carbocycles. The summed E-state index contributed by atoms with van der Waals surface area (Å²) in [6.07, 6.45) is 2.22. The number of likely N-dealkylation sites (tertiary alicyclic amines) is 1. The van der Waals surface area contributed by atoms with Gasteiger partial charge < -0.3 is 10.2 Å². The van der Waals surface area contributed by atoms with Crippen molar-refractivity contribution in [1.82, 2.24) is 4.90 Å². The van der Waals surface area contributed by atoms with E-state index in [1.807, 2.05) is 16.7 Å². The largest absolute Gasteiger partial charge is 0.381 e. The van der Waals surface area contributed by atoms with Crippen LogP contribution in [0, 0.1) is 0 Å². The van der Waals surface area contributed by atoms with Gasteiger partial charge in [-0.2, -0.15) is 11.8 Å². The molecule has 1 aromatic carbocycles. The van der Waals surface area contributed by atoms with Crippen LogP contribution in [0.25, 0.3) is 0 Å². The first-order chi connectivity index (χ1) is 10.1. The van der Waals surface area contributed by atoms with Crippen LogP contribution in [0.3, 0.4) is 0 Å². The fraction of sp³-hybridized carbons (Fsp3) is 0.588. The quantitative estimate of drug-likeness (QED) is 0.895. The minimum Gasteiger partial charge on any atom is -0.381 e. The van der Waals surface area contributed by atoms with Crippen molar-refractivity contribution in [2.45, 2.75) is 44.9 Å². The van der Waals surface area contributed by atoms with Gasteiger partial charge in [0, 0.05) is 37.0 Å². The molecule has 1 saturated heterocycles. The van der Waals surface area contributed by atoms with Gasteiger partial charge in [0.15, 0.2) is 0 Å². The number of anilines is 1. The van der Waals surface area contributed by atoms with Crippen molar-refractivity contribution < 1.29 is 4.79 Å². The first-order valence-corrected chi connectivity index (χ1v) is 8.88. The molecule has 0 bridgehead atoms. The predicted molar refractivity (Wildman–Crippen MR) is 91.9 cm³/mol. The third-order valence-electron chi connectivity index (χ3n) is 4.03. The number of hydrogen-bond donors (Lipinski definition) is 1. The van der Waals surface area contributed by atoms with Crippen LogP contribution >= 0.6 is 11.8 Å². The monoisotopic (exact) mass is 306 g/mol. The first-order valence-electron chi connectivity index (χ1n) is 7.83. The van der Waals surface area contributed by atoms with Gasteiger partial charge in [-0.1, -0.05) is 19.1 Å². The molecule has 1 aromatic rings. The van der Waals surface area contributed by atoms with Crippen LogP contribution in [0.2, 0.25) is 0 Å². The molecule has 1 N–H and O–H groups in total. The van der Waals surface area contributed by atoms with Crippen LogP contribution in [0.5, 0.6) is 0 Å². The molecule has 1 heterocycles. The standard InChI is InChI=1S/C17H26N2OS/c1-4-21-13(2)15-7-9-16(10-8-15)18-17-6-5-11-19(12-17)14(3)20/h7-10,13,17-18H,4-6,11-12H2,1-3H3. The Balaban J connectivity index is 1.92. The SMILES string of the molecule is CCSC(C)c1ccc(NC2CCCN(C(C)=O)C2)cc1. The Kier molecular flexibility index (Phi) is 5.97. The van der Waals surface area contributed by atoms with Gasteiger partial charge in [0.05, 0.1) is 0 Å². The van der Waals surface area contributed by atoms with E-state index in [1.165, 1.54) is 5.56 Å². The smallest absolute Gasteiger partial charge is 0.219 e. The molecule has 3 nitrogen and oxygen atoms in total. The van der Waals surface area contributed by atoms with Crippen LogP contribution < -0.4 is 5.32 Å². The lowest BCUT2D eigenvalue weighted by Gasteiger charge is -2.33. The fourth-order valence-electron chi connectivity index (χ4n) is 2.81. The number of benzene rings is 1. The molecule has 1 aliphatic rings. The molecule has 2 rings (SSSR count). The summed E-state index contributed by atoms with van der Waals surface area (Å²) >= 11 is 1.96. The van der Waals surface area contributed by atoms with E-state index in [0.717, 1.165) is 37.4 Å². The molecule has 0 aliphatic carbocycles. The van der Waals surface area contributed by atoms with Gasteiger partial charge in [-0.05, 0) is 43.2 Å². The second-order valence-electron chi connectivity index (χ2n) is 5.67.